The van der Waals surface area contributed by atoms with Crippen molar-refractivity contribution in [2.75, 3.05) is 6.54 Å². The zero-order valence-corrected chi connectivity index (χ0v) is 16.7. The summed E-state index contributed by atoms with van der Waals surface area (Å²) in [5.74, 6) is 0.0897. The Kier molecular flexibility index (Phi) is 6.57. The van der Waals surface area contributed by atoms with E-state index in [9.17, 15) is 9.70 Å². The molecule has 5 heteroatoms. The first-order chi connectivity index (χ1) is 13.4. The maximum Gasteiger partial charge on any atom is 0.234 e. The highest BCUT2D eigenvalue weighted by atomic mass is 16.3. The molecule has 1 heterocycles. The zero-order valence-electron chi connectivity index (χ0n) is 16.7. The van der Waals surface area contributed by atoms with E-state index in [0.717, 1.165) is 24.0 Å². The van der Waals surface area contributed by atoms with Gasteiger partial charge in [-0.25, -0.2) is 0 Å². The van der Waals surface area contributed by atoms with Gasteiger partial charge in [0, 0.05) is 34.6 Å². The topological polar surface area (TPSA) is 75.2 Å². The van der Waals surface area contributed by atoms with Gasteiger partial charge in [-0.2, -0.15) is 0 Å². The maximum absolute atomic E-state index is 12.5. The molecule has 0 spiro atoms. The highest BCUT2D eigenvalue weighted by Gasteiger charge is 2.34. The average Bonchev–Trinajstić information content (AvgIpc) is 2.67. The number of carbonyl (C=O) groups is 1. The van der Waals surface area contributed by atoms with Gasteiger partial charge in [0.15, 0.2) is 6.54 Å². The number of nitrogens with one attached hydrogen (secondary N) is 1. The number of carbonyl (C=O) groups excluding carboxylic acids is 1. The Morgan fingerprint density at radius 2 is 1.93 bits per heavy atom. The second kappa shape index (κ2) is 9.11. The minimum atomic E-state index is -0.320. The van der Waals surface area contributed by atoms with E-state index in [2.05, 4.69) is 49.5 Å². The van der Waals surface area contributed by atoms with E-state index in [-0.39, 0.29) is 18.0 Å². The van der Waals surface area contributed by atoms with Crippen LogP contribution in [-0.4, -0.2) is 23.3 Å². The molecule has 0 aliphatic carbocycles. The van der Waals surface area contributed by atoms with Gasteiger partial charge in [-0.05, 0) is 29.0 Å². The number of amides is 1. The van der Waals surface area contributed by atoms with Crippen LogP contribution in [0.5, 0.6) is 0 Å². The molecule has 1 amide bonds. The van der Waals surface area contributed by atoms with Crippen LogP contribution in [0.1, 0.15) is 48.6 Å². The third kappa shape index (κ3) is 5.04. The molecule has 3 N–H and O–H groups in total. The Morgan fingerprint density at radius 3 is 2.61 bits per heavy atom. The first-order valence-corrected chi connectivity index (χ1v) is 10.1. The molecule has 1 aliphatic heterocycles. The fraction of sp³-hybridized carbons (Fsp3) is 0.435. The van der Waals surface area contributed by atoms with Crippen molar-refractivity contribution in [1.29, 1.82) is 0 Å². The molecule has 2 aromatic carbocycles. The molecule has 2 unspecified atom stereocenters. The van der Waals surface area contributed by atoms with Crippen molar-refractivity contribution in [1.82, 2.24) is 5.32 Å². The smallest absolute Gasteiger partial charge is 0.234 e. The Labute approximate surface area is 166 Å². The lowest BCUT2D eigenvalue weighted by atomic mass is 9.89. The number of rotatable bonds is 8. The van der Waals surface area contributed by atoms with Gasteiger partial charge in [0.25, 0.3) is 0 Å². The molecule has 5 nitrogen and oxygen atoms in total. The van der Waals surface area contributed by atoms with Crippen molar-refractivity contribution >= 4 is 5.91 Å². The van der Waals surface area contributed by atoms with E-state index < -0.39 is 0 Å². The summed E-state index contributed by atoms with van der Waals surface area (Å²) in [6.45, 7) is 5.27. The molecule has 148 valence electrons. The van der Waals surface area contributed by atoms with Crippen molar-refractivity contribution in [3.63, 3.8) is 0 Å². The third-order valence-corrected chi connectivity index (χ3v) is 5.39. The number of benzene rings is 2. The minimum Gasteiger partial charge on any atom is -0.368 e. The van der Waals surface area contributed by atoms with E-state index in [1.807, 2.05) is 18.2 Å². The van der Waals surface area contributed by atoms with Gasteiger partial charge in [-0.1, -0.05) is 62.4 Å². The first-order valence-electron chi connectivity index (χ1n) is 10.1. The normalized spacial score (nSPS) is 17.4. The van der Waals surface area contributed by atoms with Crippen LogP contribution >= 0.6 is 0 Å². The molecule has 0 radical (unpaired) electrons. The van der Waals surface area contributed by atoms with Gasteiger partial charge in [-0.3, -0.25) is 4.79 Å². The molecule has 0 aromatic heterocycles. The number of hydrogen-bond donors (Lipinski definition) is 2. The summed E-state index contributed by atoms with van der Waals surface area (Å²) in [6, 6.07) is 16.0. The van der Waals surface area contributed by atoms with Crippen LogP contribution < -0.4 is 11.1 Å². The maximum atomic E-state index is 12.5. The highest BCUT2D eigenvalue weighted by molar-refractivity contribution is 5.79. The summed E-state index contributed by atoms with van der Waals surface area (Å²) < 4.78 is 1.21. The van der Waals surface area contributed by atoms with E-state index >= 15 is 0 Å². The van der Waals surface area contributed by atoms with Gasteiger partial charge in [0.2, 0.25) is 11.9 Å². The van der Waals surface area contributed by atoms with Crippen LogP contribution in [-0.2, 0) is 24.2 Å². The van der Waals surface area contributed by atoms with Gasteiger partial charge >= 0.3 is 0 Å². The van der Waals surface area contributed by atoms with Crippen LogP contribution in [0.25, 0.3) is 0 Å². The van der Waals surface area contributed by atoms with Crippen molar-refractivity contribution in [3.05, 3.63) is 75.7 Å². The molecule has 2 aromatic rings. The van der Waals surface area contributed by atoms with Crippen molar-refractivity contribution in [3.8, 4) is 0 Å². The molecule has 1 aliphatic rings. The van der Waals surface area contributed by atoms with Crippen molar-refractivity contribution in [2.24, 2.45) is 11.7 Å². The average molecular weight is 381 g/mol. The summed E-state index contributed by atoms with van der Waals surface area (Å²) in [6.07, 6.45) is 2.20. The second-order valence-electron chi connectivity index (χ2n) is 8.09. The fourth-order valence-electron chi connectivity index (χ4n) is 3.91. The number of fused-ring (bicyclic) bond motifs is 1. The number of primary amides is 1. The van der Waals surface area contributed by atoms with Crippen molar-refractivity contribution < 1.29 is 9.55 Å². The number of nitroso groups, excluding NO2 is 1. The summed E-state index contributed by atoms with van der Waals surface area (Å²) >= 11 is 0. The Morgan fingerprint density at radius 1 is 1.18 bits per heavy atom. The van der Waals surface area contributed by atoms with E-state index in [0.29, 0.717) is 25.4 Å². The van der Waals surface area contributed by atoms with Gasteiger partial charge in [-0.15, -0.1) is 0 Å². The molecule has 0 saturated carbocycles. The molecular formula is C23H30N3O2+. The summed E-state index contributed by atoms with van der Waals surface area (Å²) in [5.41, 5.74) is 10.2. The monoisotopic (exact) mass is 380 g/mol. The fourth-order valence-corrected chi connectivity index (χ4v) is 3.91. The van der Waals surface area contributed by atoms with Crippen LogP contribution in [0.4, 0.5) is 0 Å². The Bertz CT molecular complexity index is 833. The zero-order chi connectivity index (χ0) is 20.1. The SMILES string of the molecule is CC(C)CC(NCc1ccc2c(c1)CC[N+](=O)C2Cc1ccccc1)C(N)=O. The number of nitrogens with zero attached hydrogens (tertiary/aromatic N) is 1. The minimum absolute atomic E-state index is 0.146. The predicted molar refractivity (Wildman–Crippen MR) is 111 cm³/mol. The quantitative estimate of drug-likeness (QED) is 0.690. The lowest BCUT2D eigenvalue weighted by molar-refractivity contribution is -0.595. The van der Waals surface area contributed by atoms with Crippen molar-refractivity contribution in [2.45, 2.75) is 51.7 Å². The summed E-state index contributed by atoms with van der Waals surface area (Å²) in [5, 5.41) is 3.29. The van der Waals surface area contributed by atoms with E-state index in [1.165, 1.54) is 15.9 Å². The van der Waals surface area contributed by atoms with Gasteiger partial charge < -0.3 is 11.1 Å². The second-order valence-corrected chi connectivity index (χ2v) is 8.09. The number of nitrogens with two attached hydrogens (primary N) is 1. The highest BCUT2D eigenvalue weighted by Crippen LogP contribution is 2.30. The van der Waals surface area contributed by atoms with Crippen LogP contribution in [0.3, 0.4) is 0 Å². The summed E-state index contributed by atoms with van der Waals surface area (Å²) in [7, 11) is 0. The lowest BCUT2D eigenvalue weighted by Gasteiger charge is -2.21. The molecule has 0 fully saturated rings. The summed E-state index contributed by atoms with van der Waals surface area (Å²) in [4.78, 5) is 24.2. The molecule has 0 saturated heterocycles. The molecule has 2 atom stereocenters. The molecule has 0 bridgehead atoms. The Hall–Kier alpha value is -2.53. The third-order valence-electron chi connectivity index (χ3n) is 5.39. The standard InChI is InChI=1S/C23H29N3O2/c1-16(2)12-21(23(24)27)25-15-18-8-9-20-19(13-18)10-11-26(28)22(20)14-17-6-4-3-5-7-17/h3-9,13,16,21-22,25H,10-12,14-15H2,1-2H3,(H-,24,27)/p+1. The predicted octanol–water partition coefficient (Wildman–Crippen LogP) is 3.30. The van der Waals surface area contributed by atoms with E-state index in [1.54, 1.807) is 0 Å². The van der Waals surface area contributed by atoms with Gasteiger partial charge in [0.1, 0.15) is 0 Å². The van der Waals surface area contributed by atoms with Crippen LogP contribution in [0.2, 0.25) is 0 Å². The molecule has 3 rings (SSSR count). The van der Waals surface area contributed by atoms with E-state index in [4.69, 9.17) is 5.73 Å². The largest absolute Gasteiger partial charge is 0.368 e. The molecule has 28 heavy (non-hydrogen) atoms. The lowest BCUT2D eigenvalue weighted by Crippen LogP contribution is -2.41. The van der Waals surface area contributed by atoms with Crippen LogP contribution in [0.15, 0.2) is 48.5 Å². The Balaban J connectivity index is 1.73. The molecular weight excluding hydrogens is 350 g/mol. The van der Waals surface area contributed by atoms with Crippen LogP contribution in [0, 0.1) is 10.8 Å². The number of hydrogen-bond acceptors (Lipinski definition) is 3. The van der Waals surface area contributed by atoms with Gasteiger partial charge in [0.05, 0.1) is 6.04 Å². The first kappa shape index (κ1) is 20.2.